The van der Waals surface area contributed by atoms with Crippen LogP contribution in [0.15, 0.2) is 18.3 Å². The van der Waals surface area contributed by atoms with Crippen molar-refractivity contribution < 1.29 is 4.74 Å². The van der Waals surface area contributed by atoms with Crippen LogP contribution < -0.4 is 10.1 Å². The van der Waals surface area contributed by atoms with Crippen molar-refractivity contribution in [2.24, 2.45) is 7.05 Å². The highest BCUT2D eigenvalue weighted by Crippen LogP contribution is 2.22. The third-order valence-electron chi connectivity index (χ3n) is 3.41. The van der Waals surface area contributed by atoms with Gasteiger partial charge in [-0.1, -0.05) is 19.9 Å². The minimum atomic E-state index is 0.464. The number of pyridine rings is 1. The average Bonchev–Trinajstić information content (AvgIpc) is 2.69. The van der Waals surface area contributed by atoms with Crippen molar-refractivity contribution in [2.75, 3.05) is 0 Å². The van der Waals surface area contributed by atoms with E-state index in [1.165, 1.54) is 5.56 Å². The van der Waals surface area contributed by atoms with Gasteiger partial charge in [-0.2, -0.15) is 5.10 Å². The summed E-state index contributed by atoms with van der Waals surface area (Å²) in [6, 6.07) is 4.58. The van der Waals surface area contributed by atoms with Crippen LogP contribution in [0.3, 0.4) is 0 Å². The first-order chi connectivity index (χ1) is 9.97. The van der Waals surface area contributed by atoms with E-state index in [2.05, 4.69) is 35.3 Å². The fraction of sp³-hybridized carbons (Fsp3) is 0.500. The number of hydrogen-bond donors (Lipinski definition) is 1. The molecule has 0 aliphatic rings. The minimum absolute atomic E-state index is 0.464. The van der Waals surface area contributed by atoms with Crippen LogP contribution in [-0.4, -0.2) is 20.8 Å². The van der Waals surface area contributed by atoms with Gasteiger partial charge in [0.05, 0.1) is 11.4 Å². The summed E-state index contributed by atoms with van der Waals surface area (Å²) < 4.78 is 7.68. The highest BCUT2D eigenvalue weighted by Gasteiger charge is 2.10. The van der Waals surface area contributed by atoms with Crippen LogP contribution in [0.2, 0.25) is 0 Å². The molecule has 2 aromatic heterocycles. The van der Waals surface area contributed by atoms with Crippen LogP contribution in [0.5, 0.6) is 5.75 Å². The monoisotopic (exact) mass is 288 g/mol. The van der Waals surface area contributed by atoms with Crippen LogP contribution in [0, 0.1) is 13.8 Å². The van der Waals surface area contributed by atoms with Gasteiger partial charge in [-0.05, 0) is 25.5 Å². The zero-order chi connectivity index (χ0) is 15.4. The summed E-state index contributed by atoms with van der Waals surface area (Å²) in [6.45, 7) is 9.53. The second kappa shape index (κ2) is 6.72. The minimum Gasteiger partial charge on any atom is -0.483 e. The van der Waals surface area contributed by atoms with Crippen LogP contribution in [0.4, 0.5) is 0 Å². The highest BCUT2D eigenvalue weighted by molar-refractivity contribution is 5.31. The average molecular weight is 288 g/mol. The summed E-state index contributed by atoms with van der Waals surface area (Å²) in [4.78, 5) is 4.45. The lowest BCUT2D eigenvalue weighted by atomic mass is 10.2. The Labute approximate surface area is 126 Å². The van der Waals surface area contributed by atoms with Crippen molar-refractivity contribution in [3.05, 3.63) is 41.0 Å². The maximum Gasteiger partial charge on any atom is 0.163 e. The maximum absolute atomic E-state index is 5.85. The van der Waals surface area contributed by atoms with Gasteiger partial charge in [0.2, 0.25) is 0 Å². The number of nitrogens with one attached hydrogen (secondary N) is 1. The molecule has 1 N–H and O–H groups in total. The van der Waals surface area contributed by atoms with Crippen molar-refractivity contribution in [3.8, 4) is 5.75 Å². The quantitative estimate of drug-likeness (QED) is 0.887. The van der Waals surface area contributed by atoms with E-state index >= 15 is 0 Å². The molecule has 0 saturated heterocycles. The maximum atomic E-state index is 5.85. The number of aromatic nitrogens is 3. The highest BCUT2D eigenvalue weighted by atomic mass is 16.5. The van der Waals surface area contributed by atoms with E-state index in [4.69, 9.17) is 4.74 Å². The molecule has 5 nitrogen and oxygen atoms in total. The van der Waals surface area contributed by atoms with Gasteiger partial charge in [-0.3, -0.25) is 9.67 Å². The van der Waals surface area contributed by atoms with Gasteiger partial charge < -0.3 is 10.1 Å². The molecule has 114 valence electrons. The first-order valence-corrected chi connectivity index (χ1v) is 7.27. The Morgan fingerprint density at radius 1 is 1.29 bits per heavy atom. The van der Waals surface area contributed by atoms with Crippen LogP contribution in [0.25, 0.3) is 0 Å². The second-order valence-corrected chi connectivity index (χ2v) is 5.61. The van der Waals surface area contributed by atoms with E-state index < -0.39 is 0 Å². The lowest BCUT2D eigenvalue weighted by Gasteiger charge is -2.09. The summed E-state index contributed by atoms with van der Waals surface area (Å²) in [6.07, 6.45) is 1.90. The summed E-state index contributed by atoms with van der Waals surface area (Å²) in [5, 5.41) is 7.72. The molecule has 2 rings (SSSR count). The van der Waals surface area contributed by atoms with Crippen LogP contribution in [-0.2, 0) is 20.2 Å². The van der Waals surface area contributed by atoms with Gasteiger partial charge in [-0.25, -0.2) is 0 Å². The topological polar surface area (TPSA) is 52.0 Å². The molecule has 0 spiro atoms. The number of rotatable bonds is 6. The predicted octanol–water partition coefficient (Wildman–Crippen LogP) is 2.51. The number of hydrogen-bond acceptors (Lipinski definition) is 4. The lowest BCUT2D eigenvalue weighted by Crippen LogP contribution is -2.21. The van der Waals surface area contributed by atoms with E-state index in [0.29, 0.717) is 12.6 Å². The summed E-state index contributed by atoms with van der Waals surface area (Å²) in [7, 11) is 1.92. The largest absolute Gasteiger partial charge is 0.483 e. The molecule has 0 fully saturated rings. The molecular formula is C16H24N4O. The fourth-order valence-corrected chi connectivity index (χ4v) is 2.08. The summed E-state index contributed by atoms with van der Waals surface area (Å²) in [5.41, 5.74) is 4.05. The molecule has 0 aliphatic heterocycles. The third kappa shape index (κ3) is 4.04. The van der Waals surface area contributed by atoms with Gasteiger partial charge in [0.25, 0.3) is 0 Å². The second-order valence-electron chi connectivity index (χ2n) is 5.61. The van der Waals surface area contributed by atoms with Crippen molar-refractivity contribution in [1.29, 1.82) is 0 Å². The van der Waals surface area contributed by atoms with Gasteiger partial charge in [0.15, 0.2) is 5.75 Å². The Morgan fingerprint density at radius 2 is 2.05 bits per heavy atom. The lowest BCUT2D eigenvalue weighted by molar-refractivity contribution is 0.297. The fourth-order valence-electron chi connectivity index (χ4n) is 2.08. The van der Waals surface area contributed by atoms with Crippen molar-refractivity contribution in [1.82, 2.24) is 20.1 Å². The molecular weight excluding hydrogens is 264 g/mol. The van der Waals surface area contributed by atoms with E-state index in [1.807, 2.05) is 37.8 Å². The Bertz CT molecular complexity index is 587. The molecule has 0 saturated carbocycles. The molecule has 0 aromatic carbocycles. The number of nitrogens with zero attached hydrogens (tertiary/aromatic N) is 3. The zero-order valence-electron chi connectivity index (χ0n) is 13.5. The number of ether oxygens (including phenoxy) is 1. The number of aryl methyl sites for hydroxylation is 2. The summed E-state index contributed by atoms with van der Waals surface area (Å²) >= 11 is 0. The molecule has 0 radical (unpaired) electrons. The van der Waals surface area contributed by atoms with Crippen molar-refractivity contribution in [2.45, 2.75) is 46.9 Å². The van der Waals surface area contributed by atoms with Crippen LogP contribution in [0.1, 0.15) is 36.5 Å². The summed E-state index contributed by atoms with van der Waals surface area (Å²) in [5.74, 6) is 0.852. The van der Waals surface area contributed by atoms with E-state index in [-0.39, 0.29) is 0 Å². The van der Waals surface area contributed by atoms with E-state index in [9.17, 15) is 0 Å². The van der Waals surface area contributed by atoms with Gasteiger partial charge in [0, 0.05) is 25.8 Å². The van der Waals surface area contributed by atoms with Gasteiger partial charge >= 0.3 is 0 Å². The molecule has 0 atom stereocenters. The van der Waals surface area contributed by atoms with E-state index in [0.717, 1.165) is 29.4 Å². The predicted molar refractivity (Wildman–Crippen MR) is 83.2 cm³/mol. The molecule has 2 aromatic rings. The van der Waals surface area contributed by atoms with Crippen LogP contribution >= 0.6 is 0 Å². The first kappa shape index (κ1) is 15.5. The van der Waals surface area contributed by atoms with E-state index in [1.54, 1.807) is 0 Å². The smallest absolute Gasteiger partial charge is 0.163 e. The zero-order valence-corrected chi connectivity index (χ0v) is 13.5. The van der Waals surface area contributed by atoms with Crippen molar-refractivity contribution in [3.63, 3.8) is 0 Å². The molecule has 0 aliphatic carbocycles. The molecule has 21 heavy (non-hydrogen) atoms. The molecule has 5 heteroatoms. The Hall–Kier alpha value is -1.88. The Morgan fingerprint density at radius 3 is 2.57 bits per heavy atom. The molecule has 0 amide bonds. The standard InChI is InChI=1S/C16H24N4O/c1-11(2)17-8-14-6-7-15(18-9-14)10-21-16-12(3)19-20(5)13(16)4/h6-7,9,11,17H,8,10H2,1-5H3. The molecule has 0 bridgehead atoms. The Balaban J connectivity index is 1.94. The molecule has 0 unspecified atom stereocenters. The first-order valence-electron chi connectivity index (χ1n) is 7.27. The van der Waals surface area contributed by atoms with Gasteiger partial charge in [0.1, 0.15) is 12.3 Å². The normalized spacial score (nSPS) is 11.1. The molecule has 2 heterocycles. The third-order valence-corrected chi connectivity index (χ3v) is 3.41. The van der Waals surface area contributed by atoms with Gasteiger partial charge in [-0.15, -0.1) is 0 Å². The van der Waals surface area contributed by atoms with Crippen molar-refractivity contribution >= 4 is 0 Å². The SMILES string of the molecule is Cc1nn(C)c(C)c1OCc1ccc(CNC(C)C)cn1. The Kier molecular flexibility index (Phi) is 4.96.